The molecule has 1 heterocycles. The summed E-state index contributed by atoms with van der Waals surface area (Å²) in [6.07, 6.45) is 0.455. The van der Waals surface area contributed by atoms with E-state index in [0.29, 0.717) is 6.42 Å². The van der Waals surface area contributed by atoms with Crippen molar-refractivity contribution in [2.45, 2.75) is 17.6 Å². The Morgan fingerprint density at radius 2 is 1.85 bits per heavy atom. The molecular formula is C10H19N3O4S3. The molecule has 0 aliphatic heterocycles. The molecule has 0 bridgehead atoms. The highest BCUT2D eigenvalue weighted by molar-refractivity contribution is 7.91. The van der Waals surface area contributed by atoms with E-state index in [2.05, 4.69) is 9.44 Å². The molecular weight excluding hydrogens is 322 g/mol. The van der Waals surface area contributed by atoms with E-state index in [1.165, 1.54) is 6.07 Å². The van der Waals surface area contributed by atoms with E-state index in [4.69, 9.17) is 5.73 Å². The van der Waals surface area contributed by atoms with E-state index in [0.717, 1.165) is 16.2 Å². The minimum Gasteiger partial charge on any atom is -0.329 e. The van der Waals surface area contributed by atoms with Gasteiger partial charge in [0.15, 0.2) is 0 Å². The number of rotatable bonds is 9. The van der Waals surface area contributed by atoms with Gasteiger partial charge in [0.1, 0.15) is 4.21 Å². The largest absolute Gasteiger partial charge is 0.329 e. The quantitative estimate of drug-likeness (QED) is 0.558. The lowest BCUT2D eigenvalue weighted by molar-refractivity contribution is 0.582. The molecule has 7 nitrogen and oxygen atoms in total. The van der Waals surface area contributed by atoms with Crippen LogP contribution in [0.4, 0.5) is 0 Å². The van der Waals surface area contributed by atoms with E-state index >= 15 is 0 Å². The summed E-state index contributed by atoms with van der Waals surface area (Å²) in [5.74, 6) is 0.0279. The first-order valence-corrected chi connectivity index (χ1v) is 10.0. The number of hydrogen-bond donors (Lipinski definition) is 3. The molecule has 0 spiro atoms. The molecule has 1 aromatic rings. The van der Waals surface area contributed by atoms with Gasteiger partial charge in [-0.1, -0.05) is 0 Å². The van der Waals surface area contributed by atoms with Crippen LogP contribution in [-0.2, 0) is 26.5 Å². The third-order valence-electron chi connectivity index (χ3n) is 2.41. The molecule has 0 aromatic carbocycles. The van der Waals surface area contributed by atoms with Crippen molar-refractivity contribution in [1.82, 2.24) is 9.44 Å². The van der Waals surface area contributed by atoms with Crippen LogP contribution in [0, 0.1) is 0 Å². The van der Waals surface area contributed by atoms with Gasteiger partial charge in [-0.15, -0.1) is 11.3 Å². The van der Waals surface area contributed by atoms with Crippen LogP contribution in [0.2, 0.25) is 0 Å². The molecule has 0 atom stereocenters. The predicted octanol–water partition coefficient (Wildman–Crippen LogP) is -0.533. The van der Waals surface area contributed by atoms with E-state index in [-0.39, 0.29) is 29.6 Å². The van der Waals surface area contributed by atoms with Gasteiger partial charge in [-0.05, 0) is 25.5 Å². The Kier molecular flexibility index (Phi) is 6.55. The summed E-state index contributed by atoms with van der Waals surface area (Å²) in [6.45, 7) is 2.23. The molecule has 0 saturated heterocycles. The van der Waals surface area contributed by atoms with Gasteiger partial charge in [-0.2, -0.15) is 0 Å². The zero-order valence-electron chi connectivity index (χ0n) is 11.1. The van der Waals surface area contributed by atoms with Gasteiger partial charge in [-0.25, -0.2) is 26.3 Å². The van der Waals surface area contributed by atoms with Crippen LogP contribution < -0.4 is 15.2 Å². The molecule has 116 valence electrons. The van der Waals surface area contributed by atoms with Crippen molar-refractivity contribution in [2.24, 2.45) is 5.73 Å². The van der Waals surface area contributed by atoms with Gasteiger partial charge in [-0.3, -0.25) is 0 Å². The first kappa shape index (κ1) is 17.5. The highest BCUT2D eigenvalue weighted by Gasteiger charge is 2.16. The van der Waals surface area contributed by atoms with E-state index < -0.39 is 20.0 Å². The highest BCUT2D eigenvalue weighted by Crippen LogP contribution is 2.21. The van der Waals surface area contributed by atoms with Crippen molar-refractivity contribution in [3.8, 4) is 0 Å². The Balaban J connectivity index is 2.60. The van der Waals surface area contributed by atoms with Gasteiger partial charge < -0.3 is 5.73 Å². The van der Waals surface area contributed by atoms with Gasteiger partial charge >= 0.3 is 0 Å². The number of hydrogen-bond acceptors (Lipinski definition) is 6. The number of sulfonamides is 2. The Labute approximate surface area is 123 Å². The van der Waals surface area contributed by atoms with Crippen LogP contribution in [0.15, 0.2) is 16.3 Å². The summed E-state index contributed by atoms with van der Waals surface area (Å²) in [7, 11) is -6.72. The predicted molar refractivity (Wildman–Crippen MR) is 79.7 cm³/mol. The number of nitrogens with one attached hydrogen (secondary N) is 2. The molecule has 1 rings (SSSR count). The van der Waals surface area contributed by atoms with Crippen LogP contribution in [0.5, 0.6) is 0 Å². The minimum atomic E-state index is -3.51. The first-order chi connectivity index (χ1) is 9.30. The monoisotopic (exact) mass is 341 g/mol. The summed E-state index contributed by atoms with van der Waals surface area (Å²) in [4.78, 5) is 0.803. The second-order valence-corrected chi connectivity index (χ2v) is 9.21. The fraction of sp³-hybridized carbons (Fsp3) is 0.600. The van der Waals surface area contributed by atoms with Gasteiger partial charge in [0.05, 0.1) is 5.75 Å². The van der Waals surface area contributed by atoms with E-state index in [1.807, 2.05) is 0 Å². The summed E-state index contributed by atoms with van der Waals surface area (Å²) in [5.41, 5.74) is 5.25. The maximum Gasteiger partial charge on any atom is 0.250 e. The Morgan fingerprint density at radius 3 is 2.45 bits per heavy atom. The lowest BCUT2D eigenvalue weighted by Crippen LogP contribution is -2.28. The lowest BCUT2D eigenvalue weighted by atomic mass is 10.3. The SMILES string of the molecule is CCS(=O)(=O)NCCc1ccc(S(=O)(=O)NCCN)s1. The van der Waals surface area contributed by atoms with Crippen LogP contribution in [0.25, 0.3) is 0 Å². The molecule has 0 unspecified atom stereocenters. The van der Waals surface area contributed by atoms with Crippen LogP contribution >= 0.6 is 11.3 Å². The molecule has 10 heteroatoms. The second kappa shape index (κ2) is 7.48. The number of nitrogens with two attached hydrogens (primary N) is 1. The molecule has 20 heavy (non-hydrogen) atoms. The van der Waals surface area contributed by atoms with Gasteiger partial charge in [0, 0.05) is 24.5 Å². The molecule has 4 N–H and O–H groups in total. The molecule has 0 fully saturated rings. The fourth-order valence-electron chi connectivity index (χ4n) is 1.33. The Morgan fingerprint density at radius 1 is 1.15 bits per heavy atom. The van der Waals surface area contributed by atoms with Crippen molar-refractivity contribution in [2.75, 3.05) is 25.4 Å². The van der Waals surface area contributed by atoms with Crippen molar-refractivity contribution in [3.05, 3.63) is 17.0 Å². The van der Waals surface area contributed by atoms with Gasteiger partial charge in [0.25, 0.3) is 0 Å². The fourth-order valence-corrected chi connectivity index (χ4v) is 4.40. The van der Waals surface area contributed by atoms with Crippen molar-refractivity contribution >= 4 is 31.4 Å². The van der Waals surface area contributed by atoms with E-state index in [9.17, 15) is 16.8 Å². The lowest BCUT2D eigenvalue weighted by Gasteiger charge is -2.03. The first-order valence-electron chi connectivity index (χ1n) is 6.06. The van der Waals surface area contributed by atoms with Crippen LogP contribution in [-0.4, -0.2) is 42.2 Å². The standard InChI is InChI=1S/C10H19N3O4S3/c1-2-19(14,15)12-7-5-9-3-4-10(18-9)20(16,17)13-8-6-11/h3-4,12-13H,2,5-8,11H2,1H3. The third kappa shape index (κ3) is 5.46. The summed E-state index contributed by atoms with van der Waals surface area (Å²) >= 11 is 1.12. The molecule has 0 aliphatic carbocycles. The Bertz CT molecular complexity index is 622. The molecule has 1 aromatic heterocycles. The minimum absolute atomic E-state index is 0.0279. The molecule has 0 aliphatic rings. The third-order valence-corrected chi connectivity index (χ3v) is 6.91. The van der Waals surface area contributed by atoms with Crippen molar-refractivity contribution in [1.29, 1.82) is 0 Å². The maximum absolute atomic E-state index is 11.8. The van der Waals surface area contributed by atoms with Crippen LogP contribution in [0.1, 0.15) is 11.8 Å². The number of thiophene rings is 1. The highest BCUT2D eigenvalue weighted by atomic mass is 32.2. The summed E-state index contributed by atoms with van der Waals surface area (Å²) in [5, 5.41) is 0. The second-order valence-electron chi connectivity index (χ2n) is 3.95. The molecule has 0 radical (unpaired) electrons. The topological polar surface area (TPSA) is 118 Å². The molecule has 0 amide bonds. The smallest absolute Gasteiger partial charge is 0.250 e. The van der Waals surface area contributed by atoms with Gasteiger partial charge in [0.2, 0.25) is 20.0 Å². The zero-order valence-corrected chi connectivity index (χ0v) is 13.6. The average molecular weight is 341 g/mol. The van der Waals surface area contributed by atoms with Crippen molar-refractivity contribution in [3.63, 3.8) is 0 Å². The summed E-state index contributed by atoms with van der Waals surface area (Å²) in [6, 6.07) is 3.19. The average Bonchev–Trinajstić information content (AvgIpc) is 2.86. The summed E-state index contributed by atoms with van der Waals surface area (Å²) < 4.78 is 51.1. The maximum atomic E-state index is 11.8. The normalized spacial score (nSPS) is 12.7. The zero-order chi connectivity index (χ0) is 15.2. The van der Waals surface area contributed by atoms with E-state index in [1.54, 1.807) is 13.0 Å². The molecule has 0 saturated carbocycles. The Hall–Kier alpha value is -0.520. The van der Waals surface area contributed by atoms with Crippen LogP contribution in [0.3, 0.4) is 0 Å². The van der Waals surface area contributed by atoms with Crippen molar-refractivity contribution < 1.29 is 16.8 Å².